The first kappa shape index (κ1) is 15.3. The summed E-state index contributed by atoms with van der Waals surface area (Å²) in [6, 6.07) is 5.59. The first-order valence-electron chi connectivity index (χ1n) is 6.38. The summed E-state index contributed by atoms with van der Waals surface area (Å²) in [5, 5.41) is 5.80. The van der Waals surface area contributed by atoms with Crippen LogP contribution in [0.3, 0.4) is 0 Å². The number of ether oxygens (including phenoxy) is 2. The number of hydrogen-bond acceptors (Lipinski definition) is 4. The molecule has 0 spiro atoms. The fourth-order valence-corrected chi connectivity index (χ4v) is 1.67. The van der Waals surface area contributed by atoms with Gasteiger partial charge in [0.15, 0.2) is 6.10 Å². The van der Waals surface area contributed by atoms with Crippen molar-refractivity contribution < 1.29 is 14.3 Å². The summed E-state index contributed by atoms with van der Waals surface area (Å²) in [7, 11) is 3.46. The van der Waals surface area contributed by atoms with Gasteiger partial charge < -0.3 is 20.1 Å². The van der Waals surface area contributed by atoms with E-state index in [0.717, 1.165) is 5.56 Å². The third-order valence-electron chi connectivity index (χ3n) is 2.67. The zero-order chi connectivity index (χ0) is 14.3. The van der Waals surface area contributed by atoms with Crippen LogP contribution in [0.5, 0.6) is 11.5 Å². The molecule has 0 fully saturated rings. The average Bonchev–Trinajstić information content (AvgIpc) is 2.41. The van der Waals surface area contributed by atoms with E-state index in [9.17, 15) is 4.79 Å². The smallest absolute Gasteiger partial charge is 0.260 e. The maximum atomic E-state index is 11.7. The summed E-state index contributed by atoms with van der Waals surface area (Å²) >= 11 is 0. The van der Waals surface area contributed by atoms with Crippen molar-refractivity contribution >= 4 is 5.91 Å². The highest BCUT2D eigenvalue weighted by molar-refractivity contribution is 5.80. The van der Waals surface area contributed by atoms with Crippen LogP contribution in [-0.4, -0.2) is 32.7 Å². The second-order valence-electron chi connectivity index (χ2n) is 4.16. The van der Waals surface area contributed by atoms with Gasteiger partial charge >= 0.3 is 0 Å². The van der Waals surface area contributed by atoms with Crippen molar-refractivity contribution in [2.45, 2.75) is 26.5 Å². The minimum Gasteiger partial charge on any atom is -0.497 e. The monoisotopic (exact) mass is 266 g/mol. The highest BCUT2D eigenvalue weighted by atomic mass is 16.5. The Morgan fingerprint density at radius 3 is 2.74 bits per heavy atom. The zero-order valence-corrected chi connectivity index (χ0v) is 11.9. The standard InChI is InChI=1S/C14H22N2O3/c1-5-16-14(17)10(2)19-13-8-12(18-4)7-6-11(13)9-15-3/h6-8,10,15H,5,9H2,1-4H3,(H,16,17). The van der Waals surface area contributed by atoms with Crippen molar-refractivity contribution in [3.63, 3.8) is 0 Å². The Bertz CT molecular complexity index is 421. The van der Waals surface area contributed by atoms with Crippen molar-refractivity contribution in [2.24, 2.45) is 0 Å². The molecule has 2 N–H and O–H groups in total. The molecule has 0 aliphatic heterocycles. The normalized spacial score (nSPS) is 11.8. The molecule has 1 rings (SSSR count). The Labute approximate surface area is 114 Å². The molecule has 0 aromatic heterocycles. The van der Waals surface area contributed by atoms with Gasteiger partial charge in [0.25, 0.3) is 5.91 Å². The van der Waals surface area contributed by atoms with Gasteiger partial charge in [-0.15, -0.1) is 0 Å². The molecule has 0 aliphatic carbocycles. The van der Waals surface area contributed by atoms with Crippen molar-refractivity contribution in [1.29, 1.82) is 0 Å². The van der Waals surface area contributed by atoms with E-state index in [4.69, 9.17) is 9.47 Å². The molecule has 1 aromatic rings. The lowest BCUT2D eigenvalue weighted by molar-refractivity contribution is -0.127. The third kappa shape index (κ3) is 4.44. The van der Waals surface area contributed by atoms with E-state index in [2.05, 4.69) is 10.6 Å². The fraction of sp³-hybridized carbons (Fsp3) is 0.500. The van der Waals surface area contributed by atoms with Crippen LogP contribution < -0.4 is 20.1 Å². The Balaban J connectivity index is 2.87. The maximum Gasteiger partial charge on any atom is 0.260 e. The first-order valence-corrected chi connectivity index (χ1v) is 6.38. The van der Waals surface area contributed by atoms with Gasteiger partial charge in [0.1, 0.15) is 11.5 Å². The lowest BCUT2D eigenvalue weighted by Gasteiger charge is -2.17. The Hall–Kier alpha value is -1.75. The van der Waals surface area contributed by atoms with Crippen LogP contribution in [0, 0.1) is 0 Å². The summed E-state index contributed by atoms with van der Waals surface area (Å²) < 4.78 is 10.9. The quantitative estimate of drug-likeness (QED) is 0.781. The highest BCUT2D eigenvalue weighted by Crippen LogP contribution is 2.25. The molecule has 5 heteroatoms. The van der Waals surface area contributed by atoms with Crippen LogP contribution in [-0.2, 0) is 11.3 Å². The van der Waals surface area contributed by atoms with Gasteiger partial charge in [-0.2, -0.15) is 0 Å². The van der Waals surface area contributed by atoms with Crippen LogP contribution in [0.1, 0.15) is 19.4 Å². The number of amides is 1. The first-order chi connectivity index (χ1) is 9.12. The molecule has 19 heavy (non-hydrogen) atoms. The van der Waals surface area contributed by atoms with Gasteiger partial charge in [-0.25, -0.2) is 0 Å². The largest absolute Gasteiger partial charge is 0.497 e. The topological polar surface area (TPSA) is 59.6 Å². The van der Waals surface area contributed by atoms with Crippen LogP contribution >= 0.6 is 0 Å². The highest BCUT2D eigenvalue weighted by Gasteiger charge is 2.15. The number of benzene rings is 1. The van der Waals surface area contributed by atoms with E-state index >= 15 is 0 Å². The van der Waals surface area contributed by atoms with Gasteiger partial charge in [-0.3, -0.25) is 4.79 Å². The molecule has 1 aromatic carbocycles. The minimum absolute atomic E-state index is 0.124. The predicted molar refractivity (Wildman–Crippen MR) is 74.5 cm³/mol. The van der Waals surface area contributed by atoms with Crippen LogP contribution in [0.25, 0.3) is 0 Å². The van der Waals surface area contributed by atoms with E-state index in [1.54, 1.807) is 20.1 Å². The second kappa shape index (κ2) is 7.63. The van der Waals surface area contributed by atoms with Crippen molar-refractivity contribution in [3.05, 3.63) is 23.8 Å². The van der Waals surface area contributed by atoms with E-state index in [1.807, 2.05) is 26.1 Å². The summed E-state index contributed by atoms with van der Waals surface area (Å²) in [6.07, 6.45) is -0.539. The van der Waals surface area contributed by atoms with Gasteiger partial charge in [-0.1, -0.05) is 6.07 Å². The minimum atomic E-state index is -0.539. The molecule has 5 nitrogen and oxygen atoms in total. The number of nitrogens with one attached hydrogen (secondary N) is 2. The van der Waals surface area contributed by atoms with Gasteiger partial charge in [0.05, 0.1) is 7.11 Å². The van der Waals surface area contributed by atoms with E-state index in [1.165, 1.54) is 0 Å². The average molecular weight is 266 g/mol. The summed E-state index contributed by atoms with van der Waals surface area (Å²) in [4.78, 5) is 11.7. The Morgan fingerprint density at radius 2 is 2.16 bits per heavy atom. The Kier molecular flexibility index (Phi) is 6.15. The number of rotatable bonds is 7. The number of carbonyl (C=O) groups excluding carboxylic acids is 1. The summed E-state index contributed by atoms with van der Waals surface area (Å²) in [5.41, 5.74) is 0.986. The number of carbonyl (C=O) groups is 1. The molecule has 106 valence electrons. The van der Waals surface area contributed by atoms with Crippen molar-refractivity contribution in [1.82, 2.24) is 10.6 Å². The number of methoxy groups -OCH3 is 1. The molecule has 0 saturated carbocycles. The molecule has 0 aliphatic rings. The Morgan fingerprint density at radius 1 is 1.42 bits per heavy atom. The van der Waals surface area contributed by atoms with Crippen LogP contribution in [0.2, 0.25) is 0 Å². The van der Waals surface area contributed by atoms with Gasteiger partial charge in [0.2, 0.25) is 0 Å². The second-order valence-corrected chi connectivity index (χ2v) is 4.16. The third-order valence-corrected chi connectivity index (χ3v) is 2.67. The van der Waals surface area contributed by atoms with Gasteiger partial charge in [0, 0.05) is 24.7 Å². The van der Waals surface area contributed by atoms with Gasteiger partial charge in [-0.05, 0) is 27.0 Å². The SMILES string of the molecule is CCNC(=O)C(C)Oc1cc(OC)ccc1CNC. The molecule has 1 atom stereocenters. The van der Waals surface area contributed by atoms with Crippen LogP contribution in [0.15, 0.2) is 18.2 Å². The molecule has 0 radical (unpaired) electrons. The van der Waals surface area contributed by atoms with Crippen LogP contribution in [0.4, 0.5) is 0 Å². The number of likely N-dealkylation sites (N-methyl/N-ethyl adjacent to an activating group) is 1. The fourth-order valence-electron chi connectivity index (χ4n) is 1.67. The van der Waals surface area contributed by atoms with Crippen molar-refractivity contribution in [3.8, 4) is 11.5 Å². The molecular weight excluding hydrogens is 244 g/mol. The maximum absolute atomic E-state index is 11.7. The molecule has 1 amide bonds. The van der Waals surface area contributed by atoms with Crippen molar-refractivity contribution in [2.75, 3.05) is 20.7 Å². The molecule has 1 unspecified atom stereocenters. The number of hydrogen-bond donors (Lipinski definition) is 2. The molecular formula is C14H22N2O3. The van der Waals surface area contributed by atoms with E-state index < -0.39 is 6.10 Å². The summed E-state index contributed by atoms with van der Waals surface area (Å²) in [5.74, 6) is 1.24. The van der Waals surface area contributed by atoms with E-state index in [-0.39, 0.29) is 5.91 Å². The molecule has 0 heterocycles. The molecule has 0 bridgehead atoms. The zero-order valence-electron chi connectivity index (χ0n) is 11.9. The lowest BCUT2D eigenvalue weighted by Crippen LogP contribution is -2.36. The summed E-state index contributed by atoms with van der Waals surface area (Å²) in [6.45, 7) is 4.87. The molecule has 0 saturated heterocycles. The predicted octanol–water partition coefficient (Wildman–Crippen LogP) is 1.32. The lowest BCUT2D eigenvalue weighted by atomic mass is 10.2. The van der Waals surface area contributed by atoms with E-state index in [0.29, 0.717) is 24.6 Å².